The van der Waals surface area contributed by atoms with Gasteiger partial charge < -0.3 is 25.1 Å². The summed E-state index contributed by atoms with van der Waals surface area (Å²) in [6.07, 6.45) is 23.6. The van der Waals surface area contributed by atoms with E-state index in [-0.39, 0.29) is 26.4 Å². The number of phosphoric ester groups is 1. The minimum Gasteiger partial charge on any atom is -0.395 e. The van der Waals surface area contributed by atoms with Gasteiger partial charge in [-0.15, -0.1) is 0 Å². The van der Waals surface area contributed by atoms with Crippen molar-refractivity contribution in [2.24, 2.45) is 0 Å². The monoisotopic (exact) mass is 527 g/mol. The average Bonchev–Trinajstić information content (AvgIpc) is 2.81. The molecular weight excluding hydrogens is 469 g/mol. The first-order valence-electron chi connectivity index (χ1n) is 14.2. The van der Waals surface area contributed by atoms with Gasteiger partial charge in [0.1, 0.15) is 0 Å². The van der Waals surface area contributed by atoms with E-state index in [0.717, 1.165) is 19.3 Å². The van der Waals surface area contributed by atoms with Crippen LogP contribution in [-0.4, -0.2) is 76.1 Å². The van der Waals surface area contributed by atoms with Crippen LogP contribution >= 0.6 is 7.82 Å². The molecule has 0 saturated heterocycles. The second-order valence-electron chi connectivity index (χ2n) is 9.35. The molecule has 0 aliphatic carbocycles. The molecule has 9 heteroatoms. The first-order valence-corrected chi connectivity index (χ1v) is 15.7. The molecule has 0 unspecified atom stereocenters. The van der Waals surface area contributed by atoms with E-state index in [1.165, 1.54) is 96.3 Å². The highest BCUT2D eigenvalue weighted by molar-refractivity contribution is 7.46. The molecular formula is C26H58NO7P. The van der Waals surface area contributed by atoms with Gasteiger partial charge in [0, 0.05) is 19.6 Å². The zero-order valence-corrected chi connectivity index (χ0v) is 23.5. The van der Waals surface area contributed by atoms with Crippen LogP contribution in [0.5, 0.6) is 0 Å². The molecule has 0 rings (SSSR count). The largest absolute Gasteiger partial charge is 0.469 e. The lowest BCUT2D eigenvalue weighted by atomic mass is 10.0. The quantitative estimate of drug-likeness (QED) is 0.0746. The number of rotatable bonds is 26. The molecule has 0 aliphatic heterocycles. The Labute approximate surface area is 215 Å². The lowest BCUT2D eigenvalue weighted by Crippen LogP contribution is -2.32. The van der Waals surface area contributed by atoms with Crippen LogP contribution < -0.4 is 0 Å². The van der Waals surface area contributed by atoms with Gasteiger partial charge in [-0.05, 0) is 6.42 Å². The Morgan fingerprint density at radius 3 is 1.09 bits per heavy atom. The Balaban J connectivity index is 0. The van der Waals surface area contributed by atoms with Crippen LogP contribution in [0.2, 0.25) is 0 Å². The zero-order chi connectivity index (χ0) is 26.5. The van der Waals surface area contributed by atoms with Crippen molar-refractivity contribution in [2.45, 2.75) is 122 Å². The summed E-state index contributed by atoms with van der Waals surface area (Å²) < 4.78 is 14.9. The number of aliphatic hydroxyl groups is 3. The van der Waals surface area contributed by atoms with E-state index in [4.69, 9.17) is 25.1 Å². The summed E-state index contributed by atoms with van der Waals surface area (Å²) in [4.78, 5) is 18.9. The number of aliphatic hydroxyl groups excluding tert-OH is 3. The summed E-state index contributed by atoms with van der Waals surface area (Å²) >= 11 is 0. The SMILES string of the molecule is CCCCCCCCCCCCCCCCCCCCOP(=O)(O)O.OCCN(CCO)CCO. The van der Waals surface area contributed by atoms with Gasteiger partial charge in [-0.3, -0.25) is 9.42 Å². The molecule has 214 valence electrons. The molecule has 0 aliphatic rings. The normalized spacial score (nSPS) is 11.6. The van der Waals surface area contributed by atoms with E-state index in [9.17, 15) is 4.57 Å². The molecule has 0 bridgehead atoms. The fourth-order valence-electron chi connectivity index (χ4n) is 3.95. The van der Waals surface area contributed by atoms with Crippen molar-refractivity contribution >= 4 is 7.82 Å². The van der Waals surface area contributed by atoms with E-state index < -0.39 is 7.82 Å². The van der Waals surface area contributed by atoms with Gasteiger partial charge in [0.2, 0.25) is 0 Å². The zero-order valence-electron chi connectivity index (χ0n) is 22.6. The molecule has 0 radical (unpaired) electrons. The van der Waals surface area contributed by atoms with Crippen molar-refractivity contribution in [3.8, 4) is 0 Å². The maximum absolute atomic E-state index is 10.5. The molecule has 5 N–H and O–H groups in total. The minimum absolute atomic E-state index is 0.0694. The highest BCUT2D eigenvalue weighted by Crippen LogP contribution is 2.35. The summed E-state index contributed by atoms with van der Waals surface area (Å²) in [5, 5.41) is 25.5. The molecule has 0 spiro atoms. The van der Waals surface area contributed by atoms with Gasteiger partial charge in [-0.2, -0.15) is 0 Å². The lowest BCUT2D eigenvalue weighted by Gasteiger charge is -2.17. The number of hydrogen-bond acceptors (Lipinski definition) is 6. The number of phosphoric acid groups is 1. The summed E-state index contributed by atoms with van der Waals surface area (Å²) in [5.74, 6) is 0. The van der Waals surface area contributed by atoms with Gasteiger partial charge in [0.25, 0.3) is 0 Å². The lowest BCUT2D eigenvalue weighted by molar-refractivity contribution is 0.136. The van der Waals surface area contributed by atoms with Gasteiger partial charge in [0.15, 0.2) is 0 Å². The Bertz CT molecular complexity index is 424. The fraction of sp³-hybridized carbons (Fsp3) is 1.00. The number of nitrogens with zero attached hydrogens (tertiary/aromatic N) is 1. The number of unbranched alkanes of at least 4 members (excludes halogenated alkanes) is 17. The van der Waals surface area contributed by atoms with Crippen molar-refractivity contribution in [1.82, 2.24) is 4.90 Å². The molecule has 0 aromatic rings. The minimum atomic E-state index is -4.26. The van der Waals surface area contributed by atoms with Gasteiger partial charge >= 0.3 is 7.82 Å². The van der Waals surface area contributed by atoms with E-state index in [0.29, 0.717) is 19.6 Å². The van der Waals surface area contributed by atoms with Crippen LogP contribution in [0.3, 0.4) is 0 Å². The summed E-state index contributed by atoms with van der Waals surface area (Å²) in [6.45, 7) is 4.20. The first-order chi connectivity index (χ1) is 16.9. The van der Waals surface area contributed by atoms with Crippen LogP contribution in [-0.2, 0) is 9.09 Å². The van der Waals surface area contributed by atoms with E-state index in [2.05, 4.69) is 11.4 Å². The van der Waals surface area contributed by atoms with E-state index in [1.807, 2.05) is 0 Å². The van der Waals surface area contributed by atoms with Crippen LogP contribution in [0, 0.1) is 0 Å². The Kier molecular flexibility index (Phi) is 32.0. The second kappa shape index (κ2) is 30.2. The smallest absolute Gasteiger partial charge is 0.395 e. The van der Waals surface area contributed by atoms with Crippen molar-refractivity contribution < 1.29 is 34.2 Å². The van der Waals surface area contributed by atoms with Crippen molar-refractivity contribution in [2.75, 3.05) is 46.1 Å². The summed E-state index contributed by atoms with van der Waals surface area (Å²) in [6, 6.07) is 0. The fourth-order valence-corrected chi connectivity index (χ4v) is 4.31. The molecule has 0 saturated carbocycles. The molecule has 35 heavy (non-hydrogen) atoms. The Hall–Kier alpha value is -0.0500. The maximum Gasteiger partial charge on any atom is 0.469 e. The van der Waals surface area contributed by atoms with Gasteiger partial charge in [0.05, 0.1) is 26.4 Å². The van der Waals surface area contributed by atoms with Crippen molar-refractivity contribution in [3.63, 3.8) is 0 Å². The van der Waals surface area contributed by atoms with Crippen molar-refractivity contribution in [1.29, 1.82) is 0 Å². The number of hydrogen-bond donors (Lipinski definition) is 5. The third kappa shape index (κ3) is 36.2. The first kappa shape index (κ1) is 37.1. The molecule has 0 atom stereocenters. The molecule has 0 heterocycles. The maximum atomic E-state index is 10.5. The standard InChI is InChI=1S/C20H43O4P.C6H15NO3/c1-2-3-4-5-6-7-8-9-10-11-12-13-14-15-16-17-18-19-20-24-25(21,22)23;8-4-1-7(2-5-9)3-6-10/h2-20H2,1H3,(H2,21,22,23);8-10H,1-6H2. The summed E-state index contributed by atoms with van der Waals surface area (Å²) in [5.41, 5.74) is 0. The highest BCUT2D eigenvalue weighted by Gasteiger charge is 2.12. The average molecular weight is 528 g/mol. The molecule has 0 aromatic heterocycles. The predicted molar refractivity (Wildman–Crippen MR) is 144 cm³/mol. The predicted octanol–water partition coefficient (Wildman–Crippen LogP) is 5.40. The van der Waals surface area contributed by atoms with E-state index in [1.54, 1.807) is 4.90 Å². The van der Waals surface area contributed by atoms with Crippen LogP contribution in [0.1, 0.15) is 122 Å². The summed E-state index contributed by atoms with van der Waals surface area (Å²) in [7, 11) is -4.26. The topological polar surface area (TPSA) is 131 Å². The van der Waals surface area contributed by atoms with Crippen LogP contribution in [0.15, 0.2) is 0 Å². The third-order valence-corrected chi connectivity index (χ3v) is 6.52. The second-order valence-corrected chi connectivity index (χ2v) is 10.6. The van der Waals surface area contributed by atoms with Crippen molar-refractivity contribution in [3.05, 3.63) is 0 Å². The van der Waals surface area contributed by atoms with Gasteiger partial charge in [-0.25, -0.2) is 4.57 Å². The molecule has 0 aromatic carbocycles. The highest BCUT2D eigenvalue weighted by atomic mass is 31.2. The molecule has 0 fully saturated rings. The van der Waals surface area contributed by atoms with Crippen LogP contribution in [0.25, 0.3) is 0 Å². The molecule has 8 nitrogen and oxygen atoms in total. The molecule has 0 amide bonds. The Morgan fingerprint density at radius 1 is 0.543 bits per heavy atom. The van der Waals surface area contributed by atoms with Crippen LogP contribution in [0.4, 0.5) is 0 Å². The van der Waals surface area contributed by atoms with E-state index >= 15 is 0 Å². The third-order valence-electron chi connectivity index (χ3n) is 6.01. The Morgan fingerprint density at radius 2 is 0.829 bits per heavy atom. The van der Waals surface area contributed by atoms with Gasteiger partial charge in [-0.1, -0.05) is 116 Å².